The molecule has 2 aromatic carbocycles. The van der Waals surface area contributed by atoms with Gasteiger partial charge in [0.1, 0.15) is 11.4 Å². The smallest absolute Gasteiger partial charge is 0.262 e. The fourth-order valence-electron chi connectivity index (χ4n) is 4.02. The molecule has 0 saturated carbocycles. The van der Waals surface area contributed by atoms with Crippen molar-refractivity contribution in [3.05, 3.63) is 75.1 Å². The summed E-state index contributed by atoms with van der Waals surface area (Å²) >= 11 is 1.61. The minimum Gasteiger partial charge on any atom is -0.289 e. The van der Waals surface area contributed by atoms with E-state index in [1.807, 2.05) is 42.5 Å². The Bertz CT molecular complexity index is 1350. The van der Waals surface area contributed by atoms with E-state index in [4.69, 9.17) is 0 Å². The van der Waals surface area contributed by atoms with Crippen molar-refractivity contribution in [2.75, 3.05) is 0 Å². The van der Waals surface area contributed by atoms with Crippen LogP contribution in [0.5, 0.6) is 0 Å². The number of benzene rings is 2. The van der Waals surface area contributed by atoms with Gasteiger partial charge < -0.3 is 0 Å². The molecule has 2 heterocycles. The van der Waals surface area contributed by atoms with E-state index in [-0.39, 0.29) is 18.0 Å². The van der Waals surface area contributed by atoms with Crippen LogP contribution < -0.4 is 11.0 Å². The van der Waals surface area contributed by atoms with Gasteiger partial charge in [0, 0.05) is 10.4 Å². The van der Waals surface area contributed by atoms with Crippen molar-refractivity contribution in [2.45, 2.75) is 32.2 Å². The summed E-state index contributed by atoms with van der Waals surface area (Å²) in [7, 11) is 0. The predicted octanol–water partition coefficient (Wildman–Crippen LogP) is 3.64. The number of hydrogen-bond donors (Lipinski definition) is 1. The van der Waals surface area contributed by atoms with E-state index in [0.717, 1.165) is 52.4 Å². The fraction of sp³-hybridized carbons (Fsp3) is 0.217. The summed E-state index contributed by atoms with van der Waals surface area (Å²) in [6, 6.07) is 13.9. The Morgan fingerprint density at radius 1 is 1.17 bits per heavy atom. The Morgan fingerprint density at radius 2 is 2.00 bits per heavy atom. The monoisotopic (exact) mass is 416 g/mol. The normalized spacial score (nSPS) is 13.7. The molecule has 5 rings (SSSR count). The van der Waals surface area contributed by atoms with Gasteiger partial charge in [-0.3, -0.25) is 14.2 Å². The van der Waals surface area contributed by atoms with E-state index in [1.54, 1.807) is 17.6 Å². The Hall–Kier alpha value is -3.32. The van der Waals surface area contributed by atoms with E-state index in [1.165, 1.54) is 15.8 Å². The van der Waals surface area contributed by atoms with Crippen LogP contribution in [0.4, 0.5) is 0 Å². The molecule has 1 N–H and O–H groups in total. The highest BCUT2D eigenvalue weighted by molar-refractivity contribution is 7.18. The summed E-state index contributed by atoms with van der Waals surface area (Å²) in [5, 5.41) is 6.94. The highest BCUT2D eigenvalue weighted by Gasteiger charge is 2.20. The Kier molecular flexibility index (Phi) is 4.88. The van der Waals surface area contributed by atoms with Gasteiger partial charge >= 0.3 is 0 Å². The van der Waals surface area contributed by atoms with Crippen LogP contribution in [0.25, 0.3) is 21.0 Å². The van der Waals surface area contributed by atoms with Gasteiger partial charge in [0.05, 0.1) is 17.9 Å². The van der Waals surface area contributed by atoms with Crippen molar-refractivity contribution < 1.29 is 4.79 Å². The van der Waals surface area contributed by atoms with Crippen LogP contribution in [0.3, 0.4) is 0 Å². The lowest BCUT2D eigenvalue weighted by Gasteiger charge is -2.10. The van der Waals surface area contributed by atoms with Crippen LogP contribution in [0.15, 0.2) is 58.7 Å². The number of aromatic nitrogens is 2. The molecule has 150 valence electrons. The Morgan fingerprint density at radius 3 is 2.93 bits per heavy atom. The average molecular weight is 417 g/mol. The second-order valence-electron chi connectivity index (χ2n) is 7.43. The van der Waals surface area contributed by atoms with E-state index < -0.39 is 0 Å². The lowest BCUT2D eigenvalue weighted by molar-refractivity contribution is -0.121. The van der Waals surface area contributed by atoms with E-state index >= 15 is 0 Å². The number of nitrogens with zero attached hydrogens (tertiary/aromatic N) is 3. The number of rotatable bonds is 4. The SMILES string of the molecule is O=C(Cn1cnc2sc3c(c2c1=O)CCCC3)N/N=C\c1cccc2ccccc12. The van der Waals surface area contributed by atoms with Crippen LogP contribution in [-0.2, 0) is 24.2 Å². The summed E-state index contributed by atoms with van der Waals surface area (Å²) in [6.45, 7) is -0.112. The van der Waals surface area contributed by atoms with Gasteiger partial charge in [0.2, 0.25) is 0 Å². The number of hydrogen-bond acceptors (Lipinski definition) is 5. The molecule has 30 heavy (non-hydrogen) atoms. The first-order valence-corrected chi connectivity index (χ1v) is 10.8. The van der Waals surface area contributed by atoms with Crippen molar-refractivity contribution >= 4 is 44.4 Å². The molecule has 2 aromatic heterocycles. The molecule has 0 unspecified atom stereocenters. The molecule has 0 atom stereocenters. The number of nitrogens with one attached hydrogen (secondary N) is 1. The number of amides is 1. The molecule has 1 amide bonds. The van der Waals surface area contributed by atoms with Gasteiger partial charge in [-0.15, -0.1) is 11.3 Å². The maximum atomic E-state index is 12.9. The highest BCUT2D eigenvalue weighted by atomic mass is 32.1. The Balaban J connectivity index is 1.34. The zero-order valence-corrected chi connectivity index (χ0v) is 17.1. The first-order valence-electron chi connectivity index (χ1n) is 10.00. The van der Waals surface area contributed by atoms with Crippen molar-refractivity contribution in [1.82, 2.24) is 15.0 Å². The van der Waals surface area contributed by atoms with Crippen molar-refractivity contribution in [3.8, 4) is 0 Å². The minimum atomic E-state index is -0.362. The molecule has 0 saturated heterocycles. The first kappa shape index (κ1) is 18.7. The number of carbonyl (C=O) groups is 1. The summed E-state index contributed by atoms with van der Waals surface area (Å²) in [5.74, 6) is -0.362. The second kappa shape index (κ2) is 7.84. The maximum Gasteiger partial charge on any atom is 0.262 e. The molecular weight excluding hydrogens is 396 g/mol. The lowest BCUT2D eigenvalue weighted by atomic mass is 9.97. The molecule has 0 fully saturated rings. The number of carbonyl (C=O) groups excluding carboxylic acids is 1. The zero-order chi connectivity index (χ0) is 20.5. The van der Waals surface area contributed by atoms with Crippen molar-refractivity contribution in [2.24, 2.45) is 5.10 Å². The van der Waals surface area contributed by atoms with Gasteiger partial charge in [0.15, 0.2) is 0 Å². The van der Waals surface area contributed by atoms with Crippen LogP contribution in [0.2, 0.25) is 0 Å². The molecule has 1 aliphatic carbocycles. The number of thiophene rings is 1. The minimum absolute atomic E-state index is 0.112. The van der Waals surface area contributed by atoms with Crippen LogP contribution in [0.1, 0.15) is 28.8 Å². The standard InChI is InChI=1S/C23H20N4O2S/c28-20(26-25-12-16-8-5-7-15-6-1-2-9-17(15)16)13-27-14-24-22-21(23(27)29)18-10-3-4-11-19(18)30-22/h1-2,5-9,12,14H,3-4,10-11,13H2,(H,26,28)/b25-12-. The summed E-state index contributed by atoms with van der Waals surface area (Å²) in [4.78, 5) is 31.8. The fourth-order valence-corrected chi connectivity index (χ4v) is 5.24. The number of hydrazone groups is 1. The van der Waals surface area contributed by atoms with Crippen LogP contribution in [-0.4, -0.2) is 21.7 Å². The largest absolute Gasteiger partial charge is 0.289 e. The number of fused-ring (bicyclic) bond motifs is 4. The topological polar surface area (TPSA) is 76.3 Å². The lowest BCUT2D eigenvalue weighted by Crippen LogP contribution is -2.30. The van der Waals surface area contributed by atoms with Crippen molar-refractivity contribution in [3.63, 3.8) is 0 Å². The highest BCUT2D eigenvalue weighted by Crippen LogP contribution is 2.33. The molecule has 0 aliphatic heterocycles. The molecule has 0 bridgehead atoms. The molecule has 4 aromatic rings. The summed E-state index contributed by atoms with van der Waals surface area (Å²) < 4.78 is 1.37. The molecule has 0 spiro atoms. The van der Waals surface area contributed by atoms with Gasteiger partial charge in [-0.2, -0.15) is 5.10 Å². The van der Waals surface area contributed by atoms with Crippen LogP contribution >= 0.6 is 11.3 Å². The summed E-state index contributed by atoms with van der Waals surface area (Å²) in [6.07, 6.45) is 7.26. The first-order chi connectivity index (χ1) is 14.7. The van der Waals surface area contributed by atoms with Gasteiger partial charge in [0.25, 0.3) is 11.5 Å². The molecule has 7 heteroatoms. The maximum absolute atomic E-state index is 12.9. The van der Waals surface area contributed by atoms with Crippen molar-refractivity contribution in [1.29, 1.82) is 0 Å². The quantitative estimate of drug-likeness (QED) is 0.408. The molecule has 6 nitrogen and oxygen atoms in total. The molecular formula is C23H20N4O2S. The number of aryl methyl sites for hydroxylation is 2. The van der Waals surface area contributed by atoms with E-state index in [2.05, 4.69) is 15.5 Å². The zero-order valence-electron chi connectivity index (χ0n) is 16.3. The molecule has 1 aliphatic rings. The summed E-state index contributed by atoms with van der Waals surface area (Å²) in [5.41, 5.74) is 4.42. The van der Waals surface area contributed by atoms with Gasteiger partial charge in [-0.05, 0) is 42.0 Å². The van der Waals surface area contributed by atoms with Gasteiger partial charge in [-0.25, -0.2) is 10.4 Å². The molecule has 0 radical (unpaired) electrons. The third-order valence-corrected chi connectivity index (χ3v) is 6.67. The Labute approximate surface area is 176 Å². The average Bonchev–Trinajstić information content (AvgIpc) is 3.15. The van der Waals surface area contributed by atoms with E-state index in [9.17, 15) is 9.59 Å². The van der Waals surface area contributed by atoms with Gasteiger partial charge in [-0.1, -0.05) is 42.5 Å². The third-order valence-electron chi connectivity index (χ3n) is 5.47. The predicted molar refractivity (Wildman–Crippen MR) is 120 cm³/mol. The second-order valence-corrected chi connectivity index (χ2v) is 8.51. The van der Waals surface area contributed by atoms with Crippen LogP contribution in [0, 0.1) is 0 Å². The third kappa shape index (κ3) is 3.41. The van der Waals surface area contributed by atoms with E-state index in [0.29, 0.717) is 5.39 Å².